The van der Waals surface area contributed by atoms with Crippen LogP contribution < -0.4 is 16.2 Å². The standard InChI is InChI=1S/C18H21N5O2/c1-12-17(2-3-18(20)23-12)25-15-4-6-21-16(8-15)13(9-19)10-22-14-5-7-24-11-14/h2-4,6,8-10,14H,5,7,11,19H2,1H3,(H2,20,23)/t14-/m0/s1. The molecule has 0 bridgehead atoms. The largest absolute Gasteiger partial charge is 0.455 e. The highest BCUT2D eigenvalue weighted by Gasteiger charge is 2.13. The van der Waals surface area contributed by atoms with Gasteiger partial charge in [0.1, 0.15) is 17.3 Å². The van der Waals surface area contributed by atoms with Gasteiger partial charge >= 0.3 is 0 Å². The van der Waals surface area contributed by atoms with E-state index >= 15 is 0 Å². The Labute approximate surface area is 146 Å². The SMILES string of the molecule is Cc1nc(N)ccc1Oc1ccnc(C(C=N[C@H]2CCOC2)=CN)c1. The normalized spacial score (nSPS) is 18.0. The molecule has 2 aromatic rings. The van der Waals surface area contributed by atoms with Crippen molar-refractivity contribution in [2.24, 2.45) is 10.7 Å². The van der Waals surface area contributed by atoms with E-state index in [0.29, 0.717) is 29.6 Å². The quantitative estimate of drug-likeness (QED) is 0.809. The molecule has 1 aliphatic rings. The van der Waals surface area contributed by atoms with E-state index in [1.165, 1.54) is 6.20 Å². The van der Waals surface area contributed by atoms with Crippen molar-refractivity contribution in [3.05, 3.63) is 48.1 Å². The molecule has 1 saturated heterocycles. The van der Waals surface area contributed by atoms with Crippen molar-refractivity contribution in [2.45, 2.75) is 19.4 Å². The summed E-state index contributed by atoms with van der Waals surface area (Å²) in [6, 6.07) is 7.25. The summed E-state index contributed by atoms with van der Waals surface area (Å²) in [6.07, 6.45) is 5.82. The first-order valence-electron chi connectivity index (χ1n) is 8.06. The number of ether oxygens (including phenoxy) is 2. The van der Waals surface area contributed by atoms with Crippen LogP contribution in [-0.2, 0) is 4.74 Å². The zero-order chi connectivity index (χ0) is 17.6. The van der Waals surface area contributed by atoms with Crippen molar-refractivity contribution < 1.29 is 9.47 Å². The van der Waals surface area contributed by atoms with Crippen LogP contribution in [0.5, 0.6) is 11.5 Å². The van der Waals surface area contributed by atoms with Crippen LogP contribution in [0.15, 0.2) is 41.7 Å². The van der Waals surface area contributed by atoms with Crippen molar-refractivity contribution in [2.75, 3.05) is 18.9 Å². The topological polar surface area (TPSA) is 109 Å². The van der Waals surface area contributed by atoms with E-state index in [0.717, 1.165) is 24.3 Å². The Morgan fingerprint density at radius 3 is 3.00 bits per heavy atom. The summed E-state index contributed by atoms with van der Waals surface area (Å²) in [5.41, 5.74) is 13.5. The molecule has 0 unspecified atom stereocenters. The molecule has 2 aromatic heterocycles. The monoisotopic (exact) mass is 339 g/mol. The number of nitrogen functional groups attached to an aromatic ring is 1. The number of nitrogens with two attached hydrogens (primary N) is 2. The van der Waals surface area contributed by atoms with Crippen LogP contribution in [0, 0.1) is 6.92 Å². The summed E-state index contributed by atoms with van der Waals surface area (Å²) < 4.78 is 11.2. The molecule has 1 fully saturated rings. The molecule has 0 saturated carbocycles. The minimum atomic E-state index is 0.179. The van der Waals surface area contributed by atoms with Gasteiger partial charge in [-0.3, -0.25) is 9.98 Å². The Balaban J connectivity index is 1.77. The van der Waals surface area contributed by atoms with Gasteiger partial charge in [-0.1, -0.05) is 0 Å². The second-order valence-electron chi connectivity index (χ2n) is 5.72. The summed E-state index contributed by atoms with van der Waals surface area (Å²) >= 11 is 0. The van der Waals surface area contributed by atoms with Gasteiger partial charge in [-0.2, -0.15) is 0 Å². The summed E-state index contributed by atoms with van der Waals surface area (Å²) in [6.45, 7) is 3.24. The Bertz CT molecular complexity index is 798. The lowest BCUT2D eigenvalue weighted by Gasteiger charge is -2.10. The molecule has 0 amide bonds. The number of aliphatic imine (C=N–C) groups is 1. The number of nitrogens with zero attached hydrogens (tertiary/aromatic N) is 3. The molecule has 3 heterocycles. The predicted octanol–water partition coefficient (Wildman–Crippen LogP) is 2.32. The Hall–Kier alpha value is -2.93. The molecule has 7 nitrogen and oxygen atoms in total. The molecule has 0 spiro atoms. The zero-order valence-corrected chi connectivity index (χ0v) is 14.1. The molecule has 130 valence electrons. The van der Waals surface area contributed by atoms with E-state index in [-0.39, 0.29) is 6.04 Å². The fraction of sp³-hybridized carbons (Fsp3) is 0.278. The second-order valence-corrected chi connectivity index (χ2v) is 5.72. The number of anilines is 1. The second kappa shape index (κ2) is 7.76. The zero-order valence-electron chi connectivity index (χ0n) is 14.1. The van der Waals surface area contributed by atoms with Gasteiger partial charge < -0.3 is 20.9 Å². The molecule has 1 atom stereocenters. The maximum absolute atomic E-state index is 5.89. The summed E-state index contributed by atoms with van der Waals surface area (Å²) in [4.78, 5) is 13.0. The highest BCUT2D eigenvalue weighted by atomic mass is 16.5. The lowest BCUT2D eigenvalue weighted by Crippen LogP contribution is -2.04. The first-order valence-corrected chi connectivity index (χ1v) is 8.06. The fourth-order valence-corrected chi connectivity index (χ4v) is 2.45. The van der Waals surface area contributed by atoms with Crippen LogP contribution in [0.1, 0.15) is 17.8 Å². The van der Waals surface area contributed by atoms with Crippen molar-refractivity contribution in [1.82, 2.24) is 9.97 Å². The van der Waals surface area contributed by atoms with E-state index in [9.17, 15) is 0 Å². The minimum absolute atomic E-state index is 0.179. The molecular formula is C18H21N5O2. The van der Waals surface area contributed by atoms with Gasteiger partial charge in [-0.15, -0.1) is 0 Å². The van der Waals surface area contributed by atoms with Gasteiger partial charge in [0.15, 0.2) is 0 Å². The molecule has 25 heavy (non-hydrogen) atoms. The van der Waals surface area contributed by atoms with Gasteiger partial charge in [0.25, 0.3) is 0 Å². The Morgan fingerprint density at radius 2 is 2.28 bits per heavy atom. The van der Waals surface area contributed by atoms with Crippen molar-refractivity contribution in [1.29, 1.82) is 0 Å². The summed E-state index contributed by atoms with van der Waals surface area (Å²) in [5.74, 6) is 1.73. The number of aryl methyl sites for hydroxylation is 1. The third-order valence-electron chi connectivity index (χ3n) is 3.82. The Morgan fingerprint density at radius 1 is 1.40 bits per heavy atom. The first-order chi connectivity index (χ1) is 12.2. The van der Waals surface area contributed by atoms with Crippen molar-refractivity contribution in [3.63, 3.8) is 0 Å². The molecule has 0 aromatic carbocycles. The van der Waals surface area contributed by atoms with Gasteiger partial charge in [0.05, 0.1) is 24.0 Å². The maximum Gasteiger partial charge on any atom is 0.148 e. The highest BCUT2D eigenvalue weighted by Crippen LogP contribution is 2.26. The average Bonchev–Trinajstić information content (AvgIpc) is 3.12. The fourth-order valence-electron chi connectivity index (χ4n) is 2.45. The number of allylic oxidation sites excluding steroid dienone is 1. The van der Waals surface area contributed by atoms with Gasteiger partial charge in [-0.25, -0.2) is 4.98 Å². The Kier molecular flexibility index (Phi) is 5.25. The van der Waals surface area contributed by atoms with E-state index in [1.54, 1.807) is 30.6 Å². The smallest absolute Gasteiger partial charge is 0.148 e. The summed E-state index contributed by atoms with van der Waals surface area (Å²) in [5, 5.41) is 0. The molecule has 1 aliphatic heterocycles. The molecule has 0 radical (unpaired) electrons. The molecular weight excluding hydrogens is 318 g/mol. The lowest BCUT2D eigenvalue weighted by molar-refractivity contribution is 0.194. The highest BCUT2D eigenvalue weighted by molar-refractivity contribution is 6.08. The minimum Gasteiger partial charge on any atom is -0.455 e. The average molecular weight is 339 g/mol. The van der Waals surface area contributed by atoms with Crippen molar-refractivity contribution in [3.8, 4) is 11.5 Å². The van der Waals surface area contributed by atoms with Crippen LogP contribution in [0.25, 0.3) is 5.57 Å². The van der Waals surface area contributed by atoms with E-state index in [2.05, 4.69) is 15.0 Å². The lowest BCUT2D eigenvalue weighted by atomic mass is 10.2. The number of aromatic nitrogens is 2. The van der Waals surface area contributed by atoms with Crippen LogP contribution in [0.4, 0.5) is 5.82 Å². The number of rotatable bonds is 5. The third-order valence-corrected chi connectivity index (χ3v) is 3.82. The van der Waals surface area contributed by atoms with E-state index in [1.807, 2.05) is 13.0 Å². The van der Waals surface area contributed by atoms with Crippen LogP contribution in [0.3, 0.4) is 0 Å². The van der Waals surface area contributed by atoms with Gasteiger partial charge in [0.2, 0.25) is 0 Å². The third kappa shape index (κ3) is 4.33. The predicted molar refractivity (Wildman–Crippen MR) is 97.6 cm³/mol. The molecule has 7 heteroatoms. The van der Waals surface area contributed by atoms with Crippen molar-refractivity contribution >= 4 is 17.6 Å². The van der Waals surface area contributed by atoms with E-state index in [4.69, 9.17) is 20.9 Å². The maximum atomic E-state index is 5.89. The summed E-state index contributed by atoms with van der Waals surface area (Å²) in [7, 11) is 0. The number of pyridine rings is 2. The van der Waals surface area contributed by atoms with Gasteiger partial charge in [0, 0.05) is 36.9 Å². The van der Waals surface area contributed by atoms with Crippen LogP contribution in [0.2, 0.25) is 0 Å². The number of hydrogen-bond donors (Lipinski definition) is 2. The molecule has 3 rings (SSSR count). The van der Waals surface area contributed by atoms with Gasteiger partial charge in [-0.05, 0) is 31.5 Å². The van der Waals surface area contributed by atoms with Crippen LogP contribution in [-0.4, -0.2) is 35.4 Å². The number of hydrogen-bond acceptors (Lipinski definition) is 7. The first kappa shape index (κ1) is 16.9. The van der Waals surface area contributed by atoms with Crippen LogP contribution >= 0.6 is 0 Å². The molecule has 4 N–H and O–H groups in total. The molecule has 0 aliphatic carbocycles. The van der Waals surface area contributed by atoms with E-state index < -0.39 is 0 Å².